The molecule has 1 fully saturated rings. The van der Waals surface area contributed by atoms with Crippen LogP contribution in [0.25, 0.3) is 0 Å². The molecule has 1 N–H and O–H groups in total. The van der Waals surface area contributed by atoms with Crippen molar-refractivity contribution in [3.8, 4) is 0 Å². The molecule has 0 aromatic carbocycles. The summed E-state index contributed by atoms with van der Waals surface area (Å²) in [4.78, 5) is 16.6. The Balaban J connectivity index is 1.84. The Labute approximate surface area is 145 Å². The molecule has 1 aromatic rings. The fraction of sp³-hybridized carbons (Fsp3) is 0.750. The molecule has 4 nitrogen and oxygen atoms in total. The zero-order chi connectivity index (χ0) is 16.3. The largest absolute Gasteiger partial charge is 0.444 e. The third kappa shape index (κ3) is 4.95. The molecule has 0 aliphatic heterocycles. The number of aromatic nitrogens is 1. The van der Waals surface area contributed by atoms with Crippen molar-refractivity contribution in [2.45, 2.75) is 77.4 Å². The highest BCUT2D eigenvalue weighted by atomic mass is 79.9. The molecule has 124 valence electrons. The lowest BCUT2D eigenvalue weighted by Crippen LogP contribution is -2.40. The van der Waals surface area contributed by atoms with Crippen molar-refractivity contribution in [3.63, 3.8) is 0 Å². The van der Waals surface area contributed by atoms with Crippen molar-refractivity contribution in [2.75, 3.05) is 0 Å². The van der Waals surface area contributed by atoms with Crippen LogP contribution < -0.4 is 5.32 Å². The molecule has 0 bridgehead atoms. The predicted molar refractivity (Wildman–Crippen MR) is 93.6 cm³/mol. The van der Waals surface area contributed by atoms with Crippen molar-refractivity contribution in [2.24, 2.45) is 0 Å². The molecule has 0 atom stereocenters. The fourth-order valence-electron chi connectivity index (χ4n) is 2.70. The van der Waals surface area contributed by atoms with Gasteiger partial charge in [0.15, 0.2) is 0 Å². The Morgan fingerprint density at radius 3 is 2.50 bits per heavy atom. The Morgan fingerprint density at radius 1 is 1.36 bits per heavy atom. The highest BCUT2D eigenvalue weighted by molar-refractivity contribution is 9.11. The number of hydrogen-bond donors (Lipinski definition) is 1. The minimum atomic E-state index is -0.439. The van der Waals surface area contributed by atoms with Gasteiger partial charge in [0.1, 0.15) is 5.60 Å². The van der Waals surface area contributed by atoms with E-state index in [1.807, 2.05) is 20.8 Å². The molecule has 1 heterocycles. The zero-order valence-corrected chi connectivity index (χ0v) is 16.1. The van der Waals surface area contributed by atoms with E-state index in [1.54, 1.807) is 11.3 Å². The summed E-state index contributed by atoms with van der Waals surface area (Å²) in [6.07, 6.45) is 4.78. The Bertz CT molecular complexity index is 517. The normalized spacial score (nSPS) is 22.4. The number of nitrogens with zero attached hydrogens (tertiary/aromatic N) is 1. The van der Waals surface area contributed by atoms with E-state index in [0.717, 1.165) is 37.8 Å². The third-order valence-corrected chi connectivity index (χ3v) is 5.79. The summed E-state index contributed by atoms with van der Waals surface area (Å²) in [5.41, 5.74) is 0.722. The number of hydrogen-bond acceptors (Lipinski definition) is 4. The predicted octanol–water partition coefficient (Wildman–Crippen LogP) is 5.02. The van der Waals surface area contributed by atoms with E-state index >= 15 is 0 Å². The first-order chi connectivity index (χ1) is 10.3. The minimum Gasteiger partial charge on any atom is -0.444 e. The molecule has 22 heavy (non-hydrogen) atoms. The van der Waals surface area contributed by atoms with Gasteiger partial charge in [0, 0.05) is 12.0 Å². The number of aryl methyl sites for hydroxylation is 1. The standard InChI is InChI=1S/C16H25BrN2O2S/c1-5-12-13(17)22-14(19-12)10-6-8-11(9-7-10)18-15(20)21-16(2,3)4/h10-11H,5-9H2,1-4H3,(H,18,20)/t10-,11-. The Morgan fingerprint density at radius 2 is 2.00 bits per heavy atom. The van der Waals surface area contributed by atoms with E-state index in [9.17, 15) is 4.79 Å². The van der Waals surface area contributed by atoms with E-state index in [-0.39, 0.29) is 12.1 Å². The second kappa shape index (κ2) is 7.30. The van der Waals surface area contributed by atoms with Gasteiger partial charge in [-0.15, -0.1) is 11.3 Å². The number of halogens is 1. The summed E-state index contributed by atoms with van der Waals surface area (Å²) in [5, 5.41) is 4.22. The maximum absolute atomic E-state index is 11.8. The molecule has 0 radical (unpaired) electrons. The van der Waals surface area contributed by atoms with E-state index in [1.165, 1.54) is 8.79 Å². The highest BCUT2D eigenvalue weighted by Crippen LogP contribution is 2.38. The van der Waals surface area contributed by atoms with Gasteiger partial charge in [-0.1, -0.05) is 6.92 Å². The molecular formula is C16H25BrN2O2S. The van der Waals surface area contributed by atoms with Gasteiger partial charge in [0.25, 0.3) is 0 Å². The average Bonchev–Trinajstić information content (AvgIpc) is 2.78. The molecule has 0 unspecified atom stereocenters. The number of amides is 1. The minimum absolute atomic E-state index is 0.222. The second-order valence-electron chi connectivity index (χ2n) is 6.82. The molecule has 1 aromatic heterocycles. The van der Waals surface area contributed by atoms with Gasteiger partial charge in [0.05, 0.1) is 14.5 Å². The molecule has 0 saturated heterocycles. The van der Waals surface area contributed by atoms with Crippen molar-refractivity contribution in [1.82, 2.24) is 10.3 Å². The first-order valence-corrected chi connectivity index (χ1v) is 9.54. The molecule has 1 saturated carbocycles. The van der Waals surface area contributed by atoms with Crippen LogP contribution in [-0.2, 0) is 11.2 Å². The lowest BCUT2D eigenvalue weighted by molar-refractivity contribution is 0.0491. The van der Waals surface area contributed by atoms with Gasteiger partial charge in [-0.25, -0.2) is 9.78 Å². The molecule has 1 aliphatic carbocycles. The van der Waals surface area contributed by atoms with Crippen molar-refractivity contribution in [1.29, 1.82) is 0 Å². The van der Waals surface area contributed by atoms with Crippen LogP contribution in [0.4, 0.5) is 4.79 Å². The second-order valence-corrected chi connectivity index (χ2v) is 9.17. The monoisotopic (exact) mass is 388 g/mol. The summed E-state index contributed by atoms with van der Waals surface area (Å²) < 4.78 is 6.48. The first-order valence-electron chi connectivity index (χ1n) is 7.93. The van der Waals surface area contributed by atoms with Gasteiger partial charge >= 0.3 is 6.09 Å². The average molecular weight is 389 g/mol. The molecule has 6 heteroatoms. The maximum Gasteiger partial charge on any atom is 0.407 e. The van der Waals surface area contributed by atoms with E-state index in [0.29, 0.717) is 5.92 Å². The Hall–Kier alpha value is -0.620. The summed E-state index contributed by atoms with van der Waals surface area (Å²) in [6.45, 7) is 7.78. The molecule has 2 rings (SSSR count). The molecular weight excluding hydrogens is 364 g/mol. The van der Waals surface area contributed by atoms with Crippen LogP contribution in [0.15, 0.2) is 3.79 Å². The van der Waals surface area contributed by atoms with Gasteiger partial charge in [0.2, 0.25) is 0 Å². The molecule has 1 aliphatic rings. The summed E-state index contributed by atoms with van der Waals surface area (Å²) in [5.74, 6) is 0.526. The number of thiazole rings is 1. The van der Waals surface area contributed by atoms with Crippen LogP contribution in [0.1, 0.15) is 70.0 Å². The van der Waals surface area contributed by atoms with E-state index < -0.39 is 5.60 Å². The SMILES string of the molecule is CCc1nc([C@H]2CC[C@H](NC(=O)OC(C)(C)C)CC2)sc1Br. The molecule has 1 amide bonds. The van der Waals surface area contributed by atoms with Crippen LogP contribution >= 0.6 is 27.3 Å². The maximum atomic E-state index is 11.8. The van der Waals surface area contributed by atoms with Crippen molar-refractivity contribution in [3.05, 3.63) is 14.5 Å². The Kier molecular flexibility index (Phi) is 5.88. The van der Waals surface area contributed by atoms with Crippen LogP contribution in [0.2, 0.25) is 0 Å². The van der Waals surface area contributed by atoms with Crippen LogP contribution in [0.5, 0.6) is 0 Å². The quantitative estimate of drug-likeness (QED) is 0.790. The summed E-state index contributed by atoms with van der Waals surface area (Å²) in [7, 11) is 0. The number of ether oxygens (including phenoxy) is 1. The van der Waals surface area contributed by atoms with Crippen LogP contribution in [0, 0.1) is 0 Å². The van der Waals surface area contributed by atoms with E-state index in [4.69, 9.17) is 9.72 Å². The van der Waals surface area contributed by atoms with Crippen molar-refractivity contribution >= 4 is 33.4 Å². The number of rotatable bonds is 3. The number of carbonyl (C=O) groups excluding carboxylic acids is 1. The van der Waals surface area contributed by atoms with Gasteiger partial charge in [-0.3, -0.25) is 0 Å². The van der Waals surface area contributed by atoms with Crippen LogP contribution in [-0.4, -0.2) is 22.7 Å². The topological polar surface area (TPSA) is 51.2 Å². The number of nitrogens with one attached hydrogen (secondary N) is 1. The van der Waals surface area contributed by atoms with Crippen molar-refractivity contribution < 1.29 is 9.53 Å². The third-order valence-electron chi connectivity index (χ3n) is 3.80. The lowest BCUT2D eigenvalue weighted by Gasteiger charge is -2.29. The lowest BCUT2D eigenvalue weighted by atomic mass is 9.86. The van der Waals surface area contributed by atoms with Gasteiger partial charge in [-0.2, -0.15) is 0 Å². The highest BCUT2D eigenvalue weighted by Gasteiger charge is 2.27. The van der Waals surface area contributed by atoms with Crippen LogP contribution in [0.3, 0.4) is 0 Å². The van der Waals surface area contributed by atoms with E-state index in [2.05, 4.69) is 28.2 Å². The van der Waals surface area contributed by atoms with Gasteiger partial charge < -0.3 is 10.1 Å². The fourth-order valence-corrected chi connectivity index (χ4v) is 4.62. The number of alkyl carbamates (subject to hydrolysis) is 1. The van der Waals surface area contributed by atoms with Gasteiger partial charge in [-0.05, 0) is 68.8 Å². The smallest absolute Gasteiger partial charge is 0.407 e. The zero-order valence-electron chi connectivity index (χ0n) is 13.7. The first kappa shape index (κ1) is 17.7. The number of carbonyl (C=O) groups is 1. The molecule has 0 spiro atoms. The summed E-state index contributed by atoms with van der Waals surface area (Å²) >= 11 is 5.36. The summed E-state index contributed by atoms with van der Waals surface area (Å²) in [6, 6.07) is 0.222.